The van der Waals surface area contributed by atoms with E-state index in [0.29, 0.717) is 44.1 Å². The molecule has 0 spiro atoms. The van der Waals surface area contributed by atoms with Gasteiger partial charge in [0.1, 0.15) is 6.04 Å². The highest BCUT2D eigenvalue weighted by Gasteiger charge is 2.28. The Balaban J connectivity index is 1.60. The average molecular weight is 454 g/mol. The van der Waals surface area contributed by atoms with Gasteiger partial charge in [0.15, 0.2) is 0 Å². The quantitative estimate of drug-likeness (QED) is 0.469. The van der Waals surface area contributed by atoms with Gasteiger partial charge >= 0.3 is 5.69 Å². The molecule has 0 saturated carbocycles. The van der Waals surface area contributed by atoms with Gasteiger partial charge in [-0.1, -0.05) is 38.1 Å². The number of amides is 2. The summed E-state index contributed by atoms with van der Waals surface area (Å²) in [6, 6.07) is 10.4. The van der Waals surface area contributed by atoms with Crippen molar-refractivity contribution < 1.29 is 14.5 Å². The van der Waals surface area contributed by atoms with Gasteiger partial charge in [-0.3, -0.25) is 19.7 Å². The first-order chi connectivity index (χ1) is 15.7. The van der Waals surface area contributed by atoms with Crippen molar-refractivity contribution in [3.05, 3.63) is 63.8 Å². The molecule has 9 nitrogen and oxygen atoms in total. The van der Waals surface area contributed by atoms with Crippen LogP contribution in [0.25, 0.3) is 0 Å². The monoisotopic (exact) mass is 453 g/mol. The fraction of sp³-hybridized carbons (Fsp3) is 0.458. The van der Waals surface area contributed by atoms with Crippen molar-refractivity contribution in [3.8, 4) is 0 Å². The molecule has 2 N–H and O–H groups in total. The summed E-state index contributed by atoms with van der Waals surface area (Å²) in [5.74, 6) is 0.298. The number of hydrogen-bond donors (Lipinski definition) is 2. The molecule has 0 unspecified atom stereocenters. The lowest BCUT2D eigenvalue weighted by atomic mass is 9.98. The van der Waals surface area contributed by atoms with Gasteiger partial charge in [-0.25, -0.2) is 4.98 Å². The number of benzene rings is 1. The summed E-state index contributed by atoms with van der Waals surface area (Å²) >= 11 is 0. The van der Waals surface area contributed by atoms with E-state index in [4.69, 9.17) is 0 Å². The van der Waals surface area contributed by atoms with Crippen LogP contribution in [0.15, 0.2) is 42.6 Å². The number of aromatic nitrogens is 1. The van der Waals surface area contributed by atoms with E-state index in [1.165, 1.54) is 18.6 Å². The molecule has 1 aromatic carbocycles. The van der Waals surface area contributed by atoms with Crippen molar-refractivity contribution in [1.29, 1.82) is 0 Å². The van der Waals surface area contributed by atoms with Crippen LogP contribution in [0.3, 0.4) is 0 Å². The molecule has 176 valence electrons. The minimum Gasteiger partial charge on any atom is -0.351 e. The molecule has 1 aliphatic rings. The molecular formula is C24H31N5O4. The number of anilines is 1. The van der Waals surface area contributed by atoms with Crippen LogP contribution in [0.4, 0.5) is 11.5 Å². The molecule has 2 amide bonds. The third-order valence-electron chi connectivity index (χ3n) is 5.88. The highest BCUT2D eigenvalue weighted by molar-refractivity contribution is 5.87. The van der Waals surface area contributed by atoms with E-state index in [1.807, 2.05) is 17.0 Å². The van der Waals surface area contributed by atoms with Crippen LogP contribution in [0, 0.1) is 10.1 Å². The first-order valence-corrected chi connectivity index (χ1v) is 11.2. The van der Waals surface area contributed by atoms with Crippen molar-refractivity contribution in [2.45, 2.75) is 58.0 Å². The molecule has 1 fully saturated rings. The van der Waals surface area contributed by atoms with E-state index in [9.17, 15) is 19.7 Å². The Morgan fingerprint density at radius 1 is 1.18 bits per heavy atom. The van der Waals surface area contributed by atoms with Crippen LogP contribution in [0.5, 0.6) is 0 Å². The average Bonchev–Trinajstić information content (AvgIpc) is 2.79. The Bertz CT molecular complexity index is 985. The number of nitrogens with zero attached hydrogens (tertiary/aromatic N) is 3. The minimum atomic E-state index is -0.665. The fourth-order valence-corrected chi connectivity index (χ4v) is 4.04. The van der Waals surface area contributed by atoms with Gasteiger partial charge in [-0.05, 0) is 36.0 Å². The third kappa shape index (κ3) is 6.50. The molecule has 33 heavy (non-hydrogen) atoms. The van der Waals surface area contributed by atoms with E-state index in [-0.39, 0.29) is 23.5 Å². The summed E-state index contributed by atoms with van der Waals surface area (Å²) in [5.41, 5.74) is 2.18. The number of carbonyl (C=O) groups is 2. The molecule has 0 radical (unpaired) electrons. The Morgan fingerprint density at radius 3 is 2.42 bits per heavy atom. The summed E-state index contributed by atoms with van der Waals surface area (Å²) in [7, 11) is 0. The predicted octanol–water partition coefficient (Wildman–Crippen LogP) is 2.95. The zero-order valence-corrected chi connectivity index (χ0v) is 19.3. The number of piperidine rings is 1. The second kappa shape index (κ2) is 10.9. The third-order valence-corrected chi connectivity index (χ3v) is 5.88. The highest BCUT2D eigenvalue weighted by Crippen LogP contribution is 2.27. The van der Waals surface area contributed by atoms with Crippen LogP contribution < -0.4 is 15.5 Å². The Kier molecular flexibility index (Phi) is 7.97. The molecule has 3 rings (SSSR count). The maximum atomic E-state index is 13.0. The molecule has 0 aliphatic carbocycles. The zero-order chi connectivity index (χ0) is 24.0. The normalized spacial score (nSPS) is 15.2. The lowest BCUT2D eigenvalue weighted by Crippen LogP contribution is -2.52. The van der Waals surface area contributed by atoms with Gasteiger partial charge in [0.25, 0.3) is 0 Å². The molecule has 1 saturated heterocycles. The van der Waals surface area contributed by atoms with Crippen LogP contribution in [-0.2, 0) is 16.0 Å². The number of nitrogens with one attached hydrogen (secondary N) is 2. The van der Waals surface area contributed by atoms with Gasteiger partial charge in [-0.2, -0.15) is 0 Å². The summed E-state index contributed by atoms with van der Waals surface area (Å²) in [6.07, 6.45) is 3.22. The van der Waals surface area contributed by atoms with Gasteiger partial charge in [-0.15, -0.1) is 0 Å². The number of rotatable bonds is 8. The van der Waals surface area contributed by atoms with E-state index < -0.39 is 11.0 Å². The number of pyridine rings is 1. The molecular weight excluding hydrogens is 422 g/mol. The predicted molar refractivity (Wildman–Crippen MR) is 126 cm³/mol. The lowest BCUT2D eigenvalue weighted by molar-refractivity contribution is -0.384. The smallest absolute Gasteiger partial charge is 0.311 e. The number of nitro groups is 1. The van der Waals surface area contributed by atoms with Gasteiger partial charge in [0.05, 0.1) is 4.92 Å². The Morgan fingerprint density at radius 2 is 1.85 bits per heavy atom. The van der Waals surface area contributed by atoms with Crippen molar-refractivity contribution >= 4 is 23.3 Å². The topological polar surface area (TPSA) is 117 Å². The summed E-state index contributed by atoms with van der Waals surface area (Å²) in [6.45, 7) is 6.74. The minimum absolute atomic E-state index is 0.0193. The second-order valence-corrected chi connectivity index (χ2v) is 8.73. The van der Waals surface area contributed by atoms with Crippen molar-refractivity contribution in [1.82, 2.24) is 15.6 Å². The van der Waals surface area contributed by atoms with E-state index in [0.717, 1.165) is 5.56 Å². The maximum absolute atomic E-state index is 13.0. The highest BCUT2D eigenvalue weighted by atomic mass is 16.6. The first kappa shape index (κ1) is 24.2. The lowest BCUT2D eigenvalue weighted by Gasteiger charge is -2.33. The fourth-order valence-electron chi connectivity index (χ4n) is 4.04. The van der Waals surface area contributed by atoms with Crippen molar-refractivity contribution in [2.24, 2.45) is 0 Å². The van der Waals surface area contributed by atoms with Crippen molar-refractivity contribution in [2.75, 3.05) is 18.0 Å². The Hall–Kier alpha value is -3.49. The maximum Gasteiger partial charge on any atom is 0.311 e. The van der Waals surface area contributed by atoms with Crippen LogP contribution >= 0.6 is 0 Å². The first-order valence-electron chi connectivity index (χ1n) is 11.2. The molecule has 0 bridgehead atoms. The van der Waals surface area contributed by atoms with Gasteiger partial charge in [0.2, 0.25) is 17.6 Å². The largest absolute Gasteiger partial charge is 0.351 e. The molecule has 1 atom stereocenters. The number of hydrogen-bond acceptors (Lipinski definition) is 6. The molecule has 2 aromatic rings. The van der Waals surface area contributed by atoms with Crippen LogP contribution in [-0.4, -0.2) is 46.9 Å². The van der Waals surface area contributed by atoms with Crippen molar-refractivity contribution in [3.63, 3.8) is 0 Å². The molecule has 9 heteroatoms. The summed E-state index contributed by atoms with van der Waals surface area (Å²) < 4.78 is 0. The SMILES string of the molecule is CC(=O)N[C@@H](Cc1ccc(C(C)C)cc1)C(=O)NC1CCN(c2ncccc2[N+](=O)[O-])CC1. The Labute approximate surface area is 193 Å². The molecule has 2 heterocycles. The zero-order valence-electron chi connectivity index (χ0n) is 19.3. The summed E-state index contributed by atoms with van der Waals surface area (Å²) in [4.78, 5) is 41.6. The standard InChI is InChI=1S/C24H31N5O4/c1-16(2)19-8-6-18(7-9-19)15-21(26-17(3)30)24(31)27-20-10-13-28(14-11-20)23-22(29(32)33)5-4-12-25-23/h4-9,12,16,20-21H,10-11,13-15H2,1-3H3,(H,26,30)(H,27,31)/t21-/m0/s1. The van der Waals surface area contributed by atoms with E-state index >= 15 is 0 Å². The molecule has 1 aliphatic heterocycles. The summed E-state index contributed by atoms with van der Waals surface area (Å²) in [5, 5.41) is 17.1. The number of carbonyl (C=O) groups excluding carboxylic acids is 2. The second-order valence-electron chi connectivity index (χ2n) is 8.73. The van der Waals surface area contributed by atoms with E-state index in [1.54, 1.807) is 12.3 Å². The molecule has 1 aromatic heterocycles. The van der Waals surface area contributed by atoms with Crippen LogP contribution in [0.1, 0.15) is 50.7 Å². The van der Waals surface area contributed by atoms with Crippen LogP contribution in [0.2, 0.25) is 0 Å². The van der Waals surface area contributed by atoms with E-state index in [2.05, 4.69) is 41.6 Å². The van der Waals surface area contributed by atoms with Gasteiger partial charge < -0.3 is 15.5 Å². The van der Waals surface area contributed by atoms with Gasteiger partial charge in [0, 0.05) is 44.7 Å².